The van der Waals surface area contributed by atoms with Crippen LogP contribution >= 0.6 is 26.6 Å². The summed E-state index contributed by atoms with van der Waals surface area (Å²) in [6, 6.07) is 8.68. The Balaban J connectivity index is 1.81. The average Bonchev–Trinajstić information content (AvgIpc) is 3.26. The number of methoxy groups -OCH3 is 1. The van der Waals surface area contributed by atoms with Gasteiger partial charge in [-0.15, -0.1) is 0 Å². The fourth-order valence-corrected chi connectivity index (χ4v) is 13.9. The molecule has 0 unspecified atom stereocenters. The molecule has 2 saturated heterocycles. The van der Waals surface area contributed by atoms with Gasteiger partial charge in [-0.1, -0.05) is 0 Å². The number of rotatable bonds is 5. The van der Waals surface area contributed by atoms with E-state index in [1.807, 2.05) is 0 Å². The fourth-order valence-electron chi connectivity index (χ4n) is 4.95. The zero-order chi connectivity index (χ0) is 19.6. The van der Waals surface area contributed by atoms with Crippen LogP contribution in [0.25, 0.3) is 5.57 Å². The van der Waals surface area contributed by atoms with Crippen molar-refractivity contribution in [3.63, 3.8) is 0 Å². The molecule has 1 aromatic rings. The molecule has 0 N–H and O–H groups in total. The van der Waals surface area contributed by atoms with Crippen molar-refractivity contribution in [1.82, 2.24) is 9.34 Å². The van der Waals surface area contributed by atoms with E-state index in [2.05, 4.69) is 62.3 Å². The number of halogens is 1. The second-order valence-electron chi connectivity index (χ2n) is 7.96. The number of allylic oxidation sites excluding steroid dienone is 2. The van der Waals surface area contributed by atoms with Crippen molar-refractivity contribution in [2.75, 3.05) is 66.4 Å². The van der Waals surface area contributed by atoms with E-state index in [9.17, 15) is 0 Å². The van der Waals surface area contributed by atoms with Crippen LogP contribution in [-0.4, -0.2) is 75.7 Å². The summed E-state index contributed by atoms with van der Waals surface area (Å²) in [4.78, 5) is 0. The summed E-state index contributed by atoms with van der Waals surface area (Å²) in [7, 11) is 1.73. The van der Waals surface area contributed by atoms with Crippen molar-refractivity contribution in [1.29, 1.82) is 0 Å². The van der Waals surface area contributed by atoms with E-state index in [1.54, 1.807) is 18.0 Å². The minimum atomic E-state index is -2.46. The van der Waals surface area contributed by atoms with Crippen molar-refractivity contribution in [3.8, 4) is 5.75 Å². The van der Waals surface area contributed by atoms with E-state index in [-0.39, 0.29) is 0 Å². The topological polar surface area (TPSA) is 34.2 Å². The molecular weight excluding hydrogens is 486 g/mol. The van der Waals surface area contributed by atoms with E-state index >= 15 is 0 Å². The van der Waals surface area contributed by atoms with Gasteiger partial charge in [0, 0.05) is 0 Å². The summed E-state index contributed by atoms with van der Waals surface area (Å²) in [6.07, 6.45) is 3.62. The van der Waals surface area contributed by atoms with Gasteiger partial charge in [0.2, 0.25) is 0 Å². The predicted octanol–water partition coefficient (Wildman–Crippen LogP) is 4.62. The third-order valence-corrected chi connectivity index (χ3v) is 17.1. The van der Waals surface area contributed by atoms with Gasteiger partial charge in [-0.25, -0.2) is 0 Å². The van der Waals surface area contributed by atoms with Gasteiger partial charge >= 0.3 is 182 Å². The Labute approximate surface area is 181 Å². The maximum absolute atomic E-state index is 5.73. The minimum absolute atomic E-state index is 0.838. The van der Waals surface area contributed by atoms with Crippen LogP contribution in [0.15, 0.2) is 29.6 Å². The molecule has 0 aromatic heterocycles. The third kappa shape index (κ3) is 3.65. The SMILES string of the molecule is COc1ccc(C2=C(P(C)(I)(N3CCOCC3)N3CCOCC3)CCC2)cc1. The van der Waals surface area contributed by atoms with Crippen molar-refractivity contribution in [3.05, 3.63) is 35.1 Å². The van der Waals surface area contributed by atoms with Crippen LogP contribution in [0.3, 0.4) is 0 Å². The molecule has 5 nitrogen and oxygen atoms in total. The van der Waals surface area contributed by atoms with Crippen LogP contribution in [-0.2, 0) is 9.47 Å². The molecule has 0 saturated carbocycles. The van der Waals surface area contributed by atoms with Gasteiger partial charge in [-0.3, -0.25) is 0 Å². The molecule has 1 aromatic carbocycles. The number of hydrogen-bond acceptors (Lipinski definition) is 5. The second-order valence-corrected chi connectivity index (χ2v) is 19.2. The predicted molar refractivity (Wildman–Crippen MR) is 125 cm³/mol. The van der Waals surface area contributed by atoms with Gasteiger partial charge in [0.25, 0.3) is 0 Å². The number of nitrogens with zero attached hydrogens (tertiary/aromatic N) is 2. The molecule has 0 radical (unpaired) electrons. The first-order valence-corrected chi connectivity index (χ1v) is 15.7. The zero-order valence-corrected chi connectivity index (χ0v) is 20.1. The van der Waals surface area contributed by atoms with E-state index in [0.29, 0.717) is 0 Å². The van der Waals surface area contributed by atoms with E-state index in [1.165, 1.54) is 24.8 Å². The Bertz CT molecular complexity index is 704. The zero-order valence-electron chi connectivity index (χ0n) is 17.0. The standard InChI is InChI=1S/C21H32IN2O3P/c1-25-19-8-6-18(7-9-19)20-4-3-5-21(20)28(2,22,23-10-14-26-15-11-23)24-12-16-27-17-13-24/h6-9H,3-5,10-17H2,1-2H3. The van der Waals surface area contributed by atoms with E-state index in [4.69, 9.17) is 14.2 Å². The molecule has 2 heterocycles. The molecule has 3 aliphatic rings. The van der Waals surface area contributed by atoms with Gasteiger partial charge in [0.15, 0.2) is 0 Å². The van der Waals surface area contributed by atoms with Crippen LogP contribution in [0.2, 0.25) is 0 Å². The Morgan fingerprint density at radius 3 is 1.93 bits per heavy atom. The van der Waals surface area contributed by atoms with Gasteiger partial charge in [0.05, 0.1) is 0 Å². The summed E-state index contributed by atoms with van der Waals surface area (Å²) < 4.78 is 19.9. The van der Waals surface area contributed by atoms with Gasteiger partial charge in [-0.05, 0) is 0 Å². The van der Waals surface area contributed by atoms with Crippen molar-refractivity contribution < 1.29 is 14.2 Å². The van der Waals surface area contributed by atoms with Crippen LogP contribution in [0, 0.1) is 0 Å². The Hall–Kier alpha value is -0.240. The molecule has 2 aliphatic heterocycles. The molecular formula is C21H32IN2O3P. The van der Waals surface area contributed by atoms with Crippen LogP contribution < -0.4 is 4.74 Å². The molecule has 0 atom stereocenters. The monoisotopic (exact) mass is 518 g/mol. The van der Waals surface area contributed by atoms with E-state index in [0.717, 1.165) is 58.4 Å². The van der Waals surface area contributed by atoms with E-state index < -0.39 is 4.55 Å². The molecule has 28 heavy (non-hydrogen) atoms. The summed E-state index contributed by atoms with van der Waals surface area (Å²) >= 11 is 2.89. The molecule has 0 bridgehead atoms. The van der Waals surface area contributed by atoms with Crippen LogP contribution in [0.4, 0.5) is 0 Å². The Morgan fingerprint density at radius 2 is 1.43 bits per heavy atom. The molecule has 7 heteroatoms. The quantitative estimate of drug-likeness (QED) is 0.420. The molecule has 4 rings (SSSR count). The van der Waals surface area contributed by atoms with Crippen molar-refractivity contribution >= 4 is 32.2 Å². The second kappa shape index (κ2) is 8.48. The average molecular weight is 518 g/mol. The summed E-state index contributed by atoms with van der Waals surface area (Å²) in [6.45, 7) is 10.0. The van der Waals surface area contributed by atoms with Gasteiger partial charge in [-0.2, -0.15) is 0 Å². The number of morpholine rings is 2. The summed E-state index contributed by atoms with van der Waals surface area (Å²) in [5.74, 6) is 0.925. The van der Waals surface area contributed by atoms with Gasteiger partial charge < -0.3 is 0 Å². The molecule has 156 valence electrons. The summed E-state index contributed by atoms with van der Waals surface area (Å²) in [5, 5.41) is 1.69. The van der Waals surface area contributed by atoms with Gasteiger partial charge in [0.1, 0.15) is 0 Å². The van der Waals surface area contributed by atoms with Crippen molar-refractivity contribution in [2.45, 2.75) is 19.3 Å². The molecule has 0 spiro atoms. The Kier molecular flexibility index (Phi) is 6.36. The third-order valence-electron chi connectivity index (χ3n) is 6.53. The van der Waals surface area contributed by atoms with Crippen LogP contribution in [0.5, 0.6) is 5.75 Å². The molecule has 2 fully saturated rings. The first kappa shape index (κ1) is 21.0. The normalized spacial score (nSPS) is 24.2. The molecule has 0 amide bonds. The molecule has 1 aliphatic carbocycles. The first-order valence-electron chi connectivity index (χ1n) is 10.3. The fraction of sp³-hybridized carbons (Fsp3) is 0.619. The van der Waals surface area contributed by atoms with Crippen LogP contribution in [0.1, 0.15) is 24.8 Å². The number of benzene rings is 1. The first-order chi connectivity index (χ1) is 13.5. The Morgan fingerprint density at radius 1 is 0.893 bits per heavy atom. The summed E-state index contributed by atoms with van der Waals surface area (Å²) in [5.41, 5.74) is 2.93. The number of ether oxygens (including phenoxy) is 3. The van der Waals surface area contributed by atoms with Crippen molar-refractivity contribution in [2.24, 2.45) is 0 Å². The maximum atomic E-state index is 5.73. The number of hydrogen-bond donors (Lipinski definition) is 0.